The van der Waals surface area contributed by atoms with Crippen molar-refractivity contribution < 1.29 is 9.53 Å². The highest BCUT2D eigenvalue weighted by molar-refractivity contribution is 8.05. The SMILES string of the molecule is CCc1ccc(N[C@@H]2NC(=O)/C(=C/c3ccccc3OCc3ccc(Cl)cc3Cl)S2)cc1. The number of benzene rings is 3. The van der Waals surface area contributed by atoms with E-state index < -0.39 is 0 Å². The molecule has 4 rings (SSSR count). The van der Waals surface area contributed by atoms with E-state index in [1.165, 1.54) is 17.3 Å². The van der Waals surface area contributed by atoms with Crippen molar-refractivity contribution >= 4 is 52.6 Å². The Kier molecular flexibility index (Phi) is 7.30. The van der Waals surface area contributed by atoms with E-state index in [2.05, 4.69) is 29.7 Å². The fraction of sp³-hybridized carbons (Fsp3) is 0.160. The van der Waals surface area contributed by atoms with Gasteiger partial charge in [0.1, 0.15) is 12.4 Å². The maximum atomic E-state index is 12.5. The van der Waals surface area contributed by atoms with Crippen LogP contribution in [0.4, 0.5) is 5.69 Å². The van der Waals surface area contributed by atoms with Crippen LogP contribution in [0.2, 0.25) is 10.0 Å². The average Bonchev–Trinajstić information content (AvgIpc) is 3.13. The Morgan fingerprint density at radius 3 is 2.62 bits per heavy atom. The molecule has 32 heavy (non-hydrogen) atoms. The molecular weight excluding hydrogens is 463 g/mol. The van der Waals surface area contributed by atoms with Gasteiger partial charge in [0.05, 0.1) is 4.91 Å². The highest BCUT2D eigenvalue weighted by atomic mass is 35.5. The number of hydrogen-bond donors (Lipinski definition) is 2. The molecule has 1 saturated heterocycles. The molecule has 0 unspecified atom stereocenters. The fourth-order valence-electron chi connectivity index (χ4n) is 3.22. The first-order valence-electron chi connectivity index (χ1n) is 10.2. The number of para-hydroxylation sites is 1. The van der Waals surface area contributed by atoms with Crippen LogP contribution in [-0.4, -0.2) is 11.4 Å². The number of carbonyl (C=O) groups is 1. The molecule has 0 spiro atoms. The van der Waals surface area contributed by atoms with Crippen molar-refractivity contribution in [1.82, 2.24) is 5.32 Å². The highest BCUT2D eigenvalue weighted by Crippen LogP contribution is 2.33. The number of anilines is 1. The van der Waals surface area contributed by atoms with Crippen LogP contribution >= 0.6 is 35.0 Å². The van der Waals surface area contributed by atoms with Gasteiger partial charge >= 0.3 is 0 Å². The monoisotopic (exact) mass is 484 g/mol. The molecule has 3 aromatic carbocycles. The summed E-state index contributed by atoms with van der Waals surface area (Å²) in [5, 5.41) is 7.45. The van der Waals surface area contributed by atoms with Crippen molar-refractivity contribution in [1.29, 1.82) is 0 Å². The van der Waals surface area contributed by atoms with Gasteiger partial charge < -0.3 is 15.4 Å². The van der Waals surface area contributed by atoms with Crippen molar-refractivity contribution in [3.8, 4) is 5.75 Å². The van der Waals surface area contributed by atoms with E-state index in [9.17, 15) is 4.79 Å². The van der Waals surface area contributed by atoms with Crippen LogP contribution in [0.3, 0.4) is 0 Å². The summed E-state index contributed by atoms with van der Waals surface area (Å²) in [7, 11) is 0. The fourth-order valence-corrected chi connectivity index (χ4v) is 4.66. The van der Waals surface area contributed by atoms with Gasteiger partial charge in [0.15, 0.2) is 5.50 Å². The summed E-state index contributed by atoms with van der Waals surface area (Å²) in [6.07, 6.45) is 2.84. The normalized spacial score (nSPS) is 16.8. The second kappa shape index (κ2) is 10.3. The minimum absolute atomic E-state index is 0.117. The van der Waals surface area contributed by atoms with Gasteiger partial charge in [-0.2, -0.15) is 0 Å². The number of nitrogens with one attached hydrogen (secondary N) is 2. The van der Waals surface area contributed by atoms with E-state index in [-0.39, 0.29) is 11.4 Å². The summed E-state index contributed by atoms with van der Waals surface area (Å²) in [6.45, 7) is 2.42. The molecule has 3 aromatic rings. The van der Waals surface area contributed by atoms with E-state index in [4.69, 9.17) is 27.9 Å². The van der Waals surface area contributed by atoms with Crippen LogP contribution in [0, 0.1) is 0 Å². The summed E-state index contributed by atoms with van der Waals surface area (Å²) in [4.78, 5) is 13.2. The molecule has 7 heteroatoms. The summed E-state index contributed by atoms with van der Waals surface area (Å²) in [5.41, 5.74) is 3.66. The van der Waals surface area contributed by atoms with Crippen LogP contribution in [0.25, 0.3) is 6.08 Å². The summed E-state index contributed by atoms with van der Waals surface area (Å²) in [5.74, 6) is 0.555. The Balaban J connectivity index is 1.45. The molecule has 1 atom stereocenters. The zero-order valence-corrected chi connectivity index (χ0v) is 19.7. The molecule has 0 aliphatic carbocycles. The van der Waals surface area contributed by atoms with Gasteiger partial charge in [-0.05, 0) is 48.4 Å². The zero-order chi connectivity index (χ0) is 22.5. The Labute approximate surface area is 202 Å². The second-order valence-corrected chi connectivity index (χ2v) is 9.23. The topological polar surface area (TPSA) is 50.4 Å². The van der Waals surface area contributed by atoms with Gasteiger partial charge in [0.25, 0.3) is 5.91 Å². The predicted octanol–water partition coefficient (Wildman–Crippen LogP) is 6.73. The number of ether oxygens (including phenoxy) is 1. The number of amides is 1. The minimum atomic E-state index is -0.234. The summed E-state index contributed by atoms with van der Waals surface area (Å²) < 4.78 is 6.01. The van der Waals surface area contributed by atoms with Gasteiger partial charge in [0, 0.05) is 26.9 Å². The number of rotatable bonds is 7. The number of aryl methyl sites for hydroxylation is 1. The summed E-state index contributed by atoms with van der Waals surface area (Å²) >= 11 is 13.7. The largest absolute Gasteiger partial charge is 0.488 e. The molecule has 0 saturated carbocycles. The van der Waals surface area contributed by atoms with Crippen molar-refractivity contribution in [2.75, 3.05) is 5.32 Å². The third-order valence-corrected chi connectivity index (χ3v) is 6.61. The first kappa shape index (κ1) is 22.6. The van der Waals surface area contributed by atoms with Gasteiger partial charge in [-0.1, -0.05) is 78.3 Å². The van der Waals surface area contributed by atoms with Gasteiger partial charge in [-0.3, -0.25) is 4.79 Å². The molecule has 1 amide bonds. The van der Waals surface area contributed by atoms with Crippen LogP contribution in [0.15, 0.2) is 71.6 Å². The molecule has 0 aromatic heterocycles. The quantitative estimate of drug-likeness (QED) is 0.364. The Morgan fingerprint density at radius 2 is 1.88 bits per heavy atom. The number of hydrogen-bond acceptors (Lipinski definition) is 4. The number of thioether (sulfide) groups is 1. The van der Waals surface area contributed by atoms with Gasteiger partial charge in [-0.15, -0.1) is 0 Å². The first-order valence-corrected chi connectivity index (χ1v) is 11.9. The molecule has 1 aliphatic rings. The van der Waals surface area contributed by atoms with Gasteiger partial charge in [-0.25, -0.2) is 0 Å². The molecule has 164 valence electrons. The first-order chi connectivity index (χ1) is 15.5. The van der Waals surface area contributed by atoms with Crippen LogP contribution < -0.4 is 15.4 Å². The van der Waals surface area contributed by atoms with Crippen LogP contribution in [0.1, 0.15) is 23.6 Å². The van der Waals surface area contributed by atoms with E-state index in [1.807, 2.05) is 48.5 Å². The Morgan fingerprint density at radius 1 is 1.09 bits per heavy atom. The third-order valence-electron chi connectivity index (χ3n) is 4.99. The molecule has 4 nitrogen and oxygen atoms in total. The zero-order valence-electron chi connectivity index (χ0n) is 17.4. The molecular formula is C25H22Cl2N2O2S. The maximum Gasteiger partial charge on any atom is 0.260 e. The van der Waals surface area contributed by atoms with Gasteiger partial charge in [0.2, 0.25) is 0 Å². The van der Waals surface area contributed by atoms with E-state index in [0.29, 0.717) is 27.3 Å². The predicted molar refractivity (Wildman–Crippen MR) is 134 cm³/mol. The Hall–Kier alpha value is -2.60. The van der Waals surface area contributed by atoms with E-state index >= 15 is 0 Å². The lowest BCUT2D eigenvalue weighted by Crippen LogP contribution is -2.30. The molecule has 1 heterocycles. The molecule has 0 bridgehead atoms. The summed E-state index contributed by atoms with van der Waals surface area (Å²) in [6, 6.07) is 21.1. The molecule has 1 aliphatic heterocycles. The second-order valence-electron chi connectivity index (χ2n) is 7.24. The van der Waals surface area contributed by atoms with E-state index in [1.54, 1.807) is 12.1 Å². The van der Waals surface area contributed by atoms with Crippen molar-refractivity contribution in [2.24, 2.45) is 0 Å². The highest BCUT2D eigenvalue weighted by Gasteiger charge is 2.27. The lowest BCUT2D eigenvalue weighted by molar-refractivity contribution is -0.116. The van der Waals surface area contributed by atoms with Crippen molar-refractivity contribution in [2.45, 2.75) is 25.4 Å². The molecule has 0 radical (unpaired) electrons. The standard InChI is InChI=1S/C25H22Cl2N2O2S/c1-2-16-7-11-20(12-8-16)28-25-29-24(30)23(32-25)13-17-5-3-4-6-22(17)31-15-18-9-10-19(26)14-21(18)27/h3-14,25,28H,2,15H2,1H3,(H,29,30)/b23-13-/t25-/m1/s1. The average molecular weight is 485 g/mol. The van der Waals surface area contributed by atoms with Crippen molar-refractivity contribution in [3.63, 3.8) is 0 Å². The third kappa shape index (κ3) is 5.60. The lowest BCUT2D eigenvalue weighted by atomic mass is 10.1. The Bertz CT molecular complexity index is 1150. The number of carbonyl (C=O) groups excluding carboxylic acids is 1. The molecule has 2 N–H and O–H groups in total. The van der Waals surface area contributed by atoms with E-state index in [0.717, 1.165) is 23.2 Å². The van der Waals surface area contributed by atoms with Crippen LogP contribution in [-0.2, 0) is 17.8 Å². The minimum Gasteiger partial charge on any atom is -0.488 e. The van der Waals surface area contributed by atoms with Crippen LogP contribution in [0.5, 0.6) is 5.75 Å². The smallest absolute Gasteiger partial charge is 0.260 e. The molecule has 1 fully saturated rings. The maximum absolute atomic E-state index is 12.5. The number of halogens is 2. The van der Waals surface area contributed by atoms with Crippen molar-refractivity contribution in [3.05, 3.63) is 98.4 Å². The lowest BCUT2D eigenvalue weighted by Gasteiger charge is -2.13.